The van der Waals surface area contributed by atoms with E-state index in [4.69, 9.17) is 9.11 Å². The Bertz CT molecular complexity index is 658. The van der Waals surface area contributed by atoms with Crippen LogP contribution in [0.25, 0.3) is 0 Å². The summed E-state index contributed by atoms with van der Waals surface area (Å²) in [5.41, 5.74) is 0.0920. The van der Waals surface area contributed by atoms with Crippen LogP contribution in [0.5, 0.6) is 5.75 Å². The Hall–Kier alpha value is -1.16. The van der Waals surface area contributed by atoms with Crippen molar-refractivity contribution in [3.8, 4) is 5.75 Å². The second-order valence-corrected chi connectivity index (χ2v) is 6.70. The smallest absolute Gasteiger partial charge is 0.269 e. The van der Waals surface area contributed by atoms with Crippen molar-refractivity contribution >= 4 is 20.2 Å². The highest BCUT2D eigenvalue weighted by molar-refractivity contribution is 7.85. The van der Waals surface area contributed by atoms with Gasteiger partial charge >= 0.3 is 0 Å². The first-order chi connectivity index (χ1) is 7.99. The highest BCUT2D eigenvalue weighted by Gasteiger charge is 2.19. The first kappa shape index (κ1) is 14.9. The van der Waals surface area contributed by atoms with Crippen molar-refractivity contribution in [1.29, 1.82) is 0 Å². The topological polar surface area (TPSA) is 129 Å². The van der Waals surface area contributed by atoms with Crippen molar-refractivity contribution in [2.24, 2.45) is 0 Å². The van der Waals surface area contributed by atoms with Gasteiger partial charge < -0.3 is 5.11 Å². The molecule has 1 rings (SSSR count). The summed E-state index contributed by atoms with van der Waals surface area (Å²) in [6, 6.07) is 2.36. The summed E-state index contributed by atoms with van der Waals surface area (Å²) >= 11 is 0. The van der Waals surface area contributed by atoms with Crippen LogP contribution in [-0.4, -0.2) is 31.0 Å². The van der Waals surface area contributed by atoms with E-state index in [1.165, 1.54) is 19.1 Å². The van der Waals surface area contributed by atoms with Gasteiger partial charge in [0, 0.05) is 0 Å². The Morgan fingerprint density at radius 1 is 1.00 bits per heavy atom. The van der Waals surface area contributed by atoms with E-state index in [0.29, 0.717) is 0 Å². The van der Waals surface area contributed by atoms with Crippen LogP contribution < -0.4 is 0 Å². The zero-order valence-corrected chi connectivity index (χ0v) is 11.0. The van der Waals surface area contributed by atoms with E-state index in [1.807, 2.05) is 0 Å². The molecule has 0 aromatic heterocycles. The Balaban J connectivity index is 3.39. The summed E-state index contributed by atoms with van der Waals surface area (Å²) in [6.07, 6.45) is 0. The van der Waals surface area contributed by atoms with E-state index < -0.39 is 31.7 Å². The van der Waals surface area contributed by atoms with Crippen LogP contribution >= 0.6 is 0 Å². The third kappa shape index (κ3) is 4.26. The first-order valence-electron chi connectivity index (χ1n) is 4.70. The van der Waals surface area contributed by atoms with Gasteiger partial charge in [-0.1, -0.05) is 6.07 Å². The molecule has 102 valence electrons. The fourth-order valence-electron chi connectivity index (χ4n) is 1.52. The molecule has 0 unspecified atom stereocenters. The van der Waals surface area contributed by atoms with Crippen molar-refractivity contribution in [2.45, 2.75) is 18.4 Å². The number of hydrogen-bond acceptors (Lipinski definition) is 5. The third-order valence-corrected chi connectivity index (χ3v) is 3.66. The first-order valence-corrected chi connectivity index (χ1v) is 7.92. The zero-order valence-electron chi connectivity index (χ0n) is 9.36. The molecule has 3 N–H and O–H groups in total. The molecule has 9 heteroatoms. The molecule has 0 spiro atoms. The predicted octanol–water partition coefficient (Wildman–Crippen LogP) is 0.476. The molecule has 0 aliphatic heterocycles. The number of phenolic OH excluding ortho intramolecular Hbond substituents is 1. The van der Waals surface area contributed by atoms with Crippen LogP contribution in [0.15, 0.2) is 12.1 Å². The van der Waals surface area contributed by atoms with Crippen LogP contribution in [0.3, 0.4) is 0 Å². The van der Waals surface area contributed by atoms with Gasteiger partial charge in [0.1, 0.15) is 17.3 Å². The lowest BCUT2D eigenvalue weighted by molar-refractivity contribution is 0.467. The van der Waals surface area contributed by atoms with Crippen LogP contribution in [0.4, 0.5) is 0 Å². The zero-order chi connectivity index (χ0) is 14.1. The fraction of sp³-hybridized carbons (Fsp3) is 0.333. The lowest BCUT2D eigenvalue weighted by atomic mass is 10.0. The van der Waals surface area contributed by atoms with Crippen molar-refractivity contribution in [3.05, 3.63) is 28.8 Å². The number of rotatable bonds is 4. The van der Waals surface area contributed by atoms with E-state index >= 15 is 0 Å². The van der Waals surface area contributed by atoms with E-state index in [0.717, 1.165) is 0 Å². The predicted molar refractivity (Wildman–Crippen MR) is 63.3 cm³/mol. The maximum Gasteiger partial charge on any atom is 0.269 e. The third-order valence-electron chi connectivity index (χ3n) is 2.33. The normalized spacial score (nSPS) is 12.6. The monoisotopic (exact) mass is 296 g/mol. The van der Waals surface area contributed by atoms with Gasteiger partial charge in [-0.05, 0) is 29.7 Å². The lowest BCUT2D eigenvalue weighted by Crippen LogP contribution is -2.10. The maximum absolute atomic E-state index is 10.8. The summed E-state index contributed by atoms with van der Waals surface area (Å²) in [5.74, 6) is -1.86. The molecular formula is C9H12O7S2. The molecule has 0 radical (unpaired) electrons. The van der Waals surface area contributed by atoms with E-state index in [9.17, 15) is 21.9 Å². The summed E-state index contributed by atoms with van der Waals surface area (Å²) < 4.78 is 60.8. The van der Waals surface area contributed by atoms with Gasteiger partial charge in [-0.15, -0.1) is 0 Å². The Kier molecular flexibility index (Phi) is 4.01. The molecule has 0 heterocycles. The molecule has 7 nitrogen and oxygen atoms in total. The minimum atomic E-state index is -4.38. The molecule has 1 aromatic carbocycles. The SMILES string of the molecule is Cc1c(O)ccc(CS(=O)(=O)O)c1CS(=O)(=O)O. The average molecular weight is 296 g/mol. The Morgan fingerprint density at radius 2 is 1.50 bits per heavy atom. The second-order valence-electron chi connectivity index (χ2n) is 3.80. The van der Waals surface area contributed by atoms with Gasteiger partial charge in [0.2, 0.25) is 0 Å². The molecule has 18 heavy (non-hydrogen) atoms. The van der Waals surface area contributed by atoms with Gasteiger partial charge in [0.25, 0.3) is 20.2 Å². The summed E-state index contributed by atoms with van der Waals surface area (Å²) in [7, 11) is -8.73. The lowest BCUT2D eigenvalue weighted by Gasteiger charge is -2.11. The number of benzene rings is 1. The van der Waals surface area contributed by atoms with Crippen LogP contribution in [0.1, 0.15) is 16.7 Å². The molecule has 1 aromatic rings. The number of hydrogen-bond donors (Lipinski definition) is 3. The van der Waals surface area contributed by atoms with Gasteiger partial charge in [0.05, 0.1) is 0 Å². The number of phenols is 1. The van der Waals surface area contributed by atoms with Crippen LogP contribution in [-0.2, 0) is 31.7 Å². The van der Waals surface area contributed by atoms with Crippen molar-refractivity contribution in [3.63, 3.8) is 0 Å². The maximum atomic E-state index is 10.8. The number of aromatic hydroxyl groups is 1. The van der Waals surface area contributed by atoms with Crippen LogP contribution in [0.2, 0.25) is 0 Å². The molecular weight excluding hydrogens is 284 g/mol. The van der Waals surface area contributed by atoms with Crippen LogP contribution in [0, 0.1) is 6.92 Å². The second kappa shape index (κ2) is 4.84. The molecule has 0 atom stereocenters. The van der Waals surface area contributed by atoms with Crippen molar-refractivity contribution in [2.75, 3.05) is 0 Å². The largest absolute Gasteiger partial charge is 0.508 e. The molecule has 0 amide bonds. The molecule has 0 aliphatic rings. The Morgan fingerprint density at radius 3 is 1.94 bits per heavy atom. The summed E-state index contributed by atoms with van der Waals surface area (Å²) in [4.78, 5) is 0. The van der Waals surface area contributed by atoms with Gasteiger partial charge in [-0.25, -0.2) is 0 Å². The van der Waals surface area contributed by atoms with Gasteiger partial charge in [-0.2, -0.15) is 16.8 Å². The molecule has 0 aliphatic carbocycles. The summed E-state index contributed by atoms with van der Waals surface area (Å²) in [6.45, 7) is 1.38. The van der Waals surface area contributed by atoms with E-state index in [-0.39, 0.29) is 22.4 Å². The molecule has 0 bridgehead atoms. The minimum Gasteiger partial charge on any atom is -0.508 e. The highest BCUT2D eigenvalue weighted by atomic mass is 32.2. The quantitative estimate of drug-likeness (QED) is 0.689. The highest BCUT2D eigenvalue weighted by Crippen LogP contribution is 2.26. The molecule has 0 saturated heterocycles. The summed E-state index contributed by atoms with van der Waals surface area (Å²) in [5, 5.41) is 9.43. The fourth-order valence-corrected chi connectivity index (χ4v) is 2.95. The average Bonchev–Trinajstić information content (AvgIpc) is 2.14. The minimum absolute atomic E-state index is 0.00502. The van der Waals surface area contributed by atoms with Gasteiger partial charge in [-0.3, -0.25) is 9.11 Å². The Labute approximate surface area is 105 Å². The molecule has 0 fully saturated rings. The van der Waals surface area contributed by atoms with Crippen molar-refractivity contribution < 1.29 is 31.0 Å². The van der Waals surface area contributed by atoms with Gasteiger partial charge in [0.15, 0.2) is 0 Å². The molecule has 0 saturated carbocycles. The standard InChI is InChI=1S/C9H12O7S2/c1-6-8(5-18(14,15)16)7(2-3-9(6)10)4-17(11,12)13/h2-3,10H,4-5H2,1H3,(H,11,12,13)(H,14,15,16). The van der Waals surface area contributed by atoms with E-state index in [2.05, 4.69) is 0 Å². The van der Waals surface area contributed by atoms with Crippen molar-refractivity contribution in [1.82, 2.24) is 0 Å². The van der Waals surface area contributed by atoms with E-state index in [1.54, 1.807) is 0 Å².